The average Bonchev–Trinajstić information content (AvgIpc) is 3.03. The van der Waals surface area contributed by atoms with Gasteiger partial charge in [0, 0.05) is 11.6 Å². The second-order valence-corrected chi connectivity index (χ2v) is 7.78. The lowest BCUT2D eigenvalue weighted by Crippen LogP contribution is -2.30. The highest BCUT2D eigenvalue weighted by Gasteiger charge is 2.48. The number of anilines is 2. The van der Waals surface area contributed by atoms with Crippen molar-refractivity contribution in [2.24, 2.45) is 11.8 Å². The number of carbonyl (C=O) groups is 3. The van der Waals surface area contributed by atoms with Crippen LogP contribution >= 0.6 is 0 Å². The zero-order valence-electron chi connectivity index (χ0n) is 17.7. The maximum atomic E-state index is 12.9. The smallest absolute Gasteiger partial charge is 0.255 e. The van der Waals surface area contributed by atoms with E-state index in [9.17, 15) is 14.4 Å². The fourth-order valence-electron chi connectivity index (χ4n) is 4.16. The highest BCUT2D eigenvalue weighted by molar-refractivity contribution is 6.22. The monoisotopic (exact) mass is 420 g/mol. The maximum absolute atomic E-state index is 12.9. The Morgan fingerprint density at radius 1 is 1.00 bits per heavy atom. The molecule has 0 radical (unpaired) electrons. The van der Waals surface area contributed by atoms with Gasteiger partial charge in [0.25, 0.3) is 5.91 Å². The van der Waals surface area contributed by atoms with Crippen LogP contribution in [0.15, 0.2) is 54.1 Å². The minimum absolute atomic E-state index is 0.166. The van der Waals surface area contributed by atoms with Crippen molar-refractivity contribution < 1.29 is 23.9 Å². The molecular weight excluding hydrogens is 396 g/mol. The third kappa shape index (κ3) is 3.79. The summed E-state index contributed by atoms with van der Waals surface area (Å²) in [6.45, 7) is 1.99. The molecule has 2 atom stereocenters. The van der Waals surface area contributed by atoms with Gasteiger partial charge in [0.15, 0.2) is 0 Å². The van der Waals surface area contributed by atoms with Crippen molar-refractivity contribution in [3.63, 3.8) is 0 Å². The van der Waals surface area contributed by atoms with Crippen LogP contribution in [0.2, 0.25) is 0 Å². The van der Waals surface area contributed by atoms with Crippen LogP contribution in [0.4, 0.5) is 11.4 Å². The summed E-state index contributed by atoms with van der Waals surface area (Å²) in [4.78, 5) is 39.7. The summed E-state index contributed by atoms with van der Waals surface area (Å²) in [6, 6.07) is 11.6. The van der Waals surface area contributed by atoms with E-state index in [1.54, 1.807) is 49.6 Å². The van der Waals surface area contributed by atoms with Gasteiger partial charge in [-0.25, -0.2) is 0 Å². The number of methoxy groups -OCH3 is 2. The Labute approximate surface area is 180 Å². The third-order valence-electron chi connectivity index (χ3n) is 5.87. The average molecular weight is 420 g/mol. The molecule has 1 N–H and O–H groups in total. The van der Waals surface area contributed by atoms with E-state index < -0.39 is 0 Å². The molecule has 160 valence electrons. The summed E-state index contributed by atoms with van der Waals surface area (Å²) in [6.07, 6.45) is 3.26. The van der Waals surface area contributed by atoms with Crippen molar-refractivity contribution in [2.75, 3.05) is 24.4 Å². The number of benzene rings is 2. The summed E-state index contributed by atoms with van der Waals surface area (Å²) in [5, 5.41) is 2.81. The largest absolute Gasteiger partial charge is 0.497 e. The molecule has 7 nitrogen and oxygen atoms in total. The van der Waals surface area contributed by atoms with Crippen molar-refractivity contribution in [2.45, 2.75) is 19.8 Å². The van der Waals surface area contributed by atoms with Gasteiger partial charge in [-0.15, -0.1) is 0 Å². The first kappa shape index (κ1) is 20.7. The SMILES string of the molecule is COc1ccc(OC)c(NC(=O)c2ccc(N3C(=O)[C@H]4CC(C)=CC[C@H]4C3=O)cc2)c1. The number of nitrogens with zero attached hydrogens (tertiary/aromatic N) is 1. The van der Waals surface area contributed by atoms with Crippen LogP contribution in [0.5, 0.6) is 11.5 Å². The quantitative estimate of drug-likeness (QED) is 0.587. The second-order valence-electron chi connectivity index (χ2n) is 7.78. The molecule has 0 bridgehead atoms. The van der Waals surface area contributed by atoms with Crippen LogP contribution in [0.25, 0.3) is 0 Å². The van der Waals surface area contributed by atoms with Crippen LogP contribution < -0.4 is 19.7 Å². The first-order chi connectivity index (χ1) is 14.9. The number of hydrogen-bond acceptors (Lipinski definition) is 5. The van der Waals surface area contributed by atoms with Crippen molar-refractivity contribution in [1.82, 2.24) is 0 Å². The number of carbonyl (C=O) groups excluding carboxylic acids is 3. The molecule has 0 spiro atoms. The summed E-state index contributed by atoms with van der Waals surface area (Å²) in [5.74, 6) is -0.168. The van der Waals surface area contributed by atoms with Crippen LogP contribution in [0, 0.1) is 11.8 Å². The van der Waals surface area contributed by atoms with Gasteiger partial charge in [-0.05, 0) is 56.2 Å². The number of imide groups is 1. The molecule has 3 amide bonds. The lowest BCUT2D eigenvalue weighted by atomic mass is 9.82. The van der Waals surface area contributed by atoms with Gasteiger partial charge in [0.1, 0.15) is 11.5 Å². The second kappa shape index (κ2) is 8.26. The van der Waals surface area contributed by atoms with Gasteiger partial charge in [-0.2, -0.15) is 0 Å². The van der Waals surface area contributed by atoms with Crippen LogP contribution in [-0.4, -0.2) is 31.9 Å². The van der Waals surface area contributed by atoms with E-state index in [0.717, 1.165) is 5.57 Å². The Bertz CT molecular complexity index is 1070. The van der Waals surface area contributed by atoms with Gasteiger partial charge in [-0.1, -0.05) is 11.6 Å². The van der Waals surface area contributed by atoms with Gasteiger partial charge >= 0.3 is 0 Å². The third-order valence-corrected chi connectivity index (χ3v) is 5.87. The number of amides is 3. The molecule has 4 rings (SSSR count). The number of nitrogens with one attached hydrogen (secondary N) is 1. The maximum Gasteiger partial charge on any atom is 0.255 e. The predicted octanol–water partition coefficient (Wildman–Crippen LogP) is 3.80. The molecule has 1 aliphatic heterocycles. The molecule has 1 heterocycles. The summed E-state index contributed by atoms with van der Waals surface area (Å²) in [5.41, 5.74) is 2.50. The molecule has 1 aliphatic carbocycles. The van der Waals surface area contributed by atoms with Crippen molar-refractivity contribution in [3.05, 3.63) is 59.7 Å². The number of ether oxygens (including phenoxy) is 2. The fourth-order valence-corrected chi connectivity index (χ4v) is 4.16. The minimum Gasteiger partial charge on any atom is -0.497 e. The fraction of sp³-hybridized carbons (Fsp3) is 0.292. The van der Waals surface area contributed by atoms with Crippen LogP contribution in [0.1, 0.15) is 30.1 Å². The lowest BCUT2D eigenvalue weighted by Gasteiger charge is -2.18. The molecule has 1 fully saturated rings. The van der Waals surface area contributed by atoms with Gasteiger partial charge in [0.05, 0.1) is 37.4 Å². The van der Waals surface area contributed by atoms with E-state index in [4.69, 9.17) is 9.47 Å². The number of hydrogen-bond donors (Lipinski definition) is 1. The van der Waals surface area contributed by atoms with Gasteiger partial charge in [-0.3, -0.25) is 19.3 Å². The Kier molecular flexibility index (Phi) is 5.50. The number of allylic oxidation sites excluding steroid dienone is 2. The van der Waals surface area contributed by atoms with Crippen LogP contribution in [0.3, 0.4) is 0 Å². The van der Waals surface area contributed by atoms with Gasteiger partial charge < -0.3 is 14.8 Å². The Balaban J connectivity index is 1.52. The van der Waals surface area contributed by atoms with E-state index in [-0.39, 0.29) is 29.6 Å². The molecule has 2 aliphatic rings. The first-order valence-electron chi connectivity index (χ1n) is 10.1. The predicted molar refractivity (Wildman–Crippen MR) is 116 cm³/mol. The number of rotatable bonds is 5. The minimum atomic E-state index is -0.342. The Hall–Kier alpha value is -3.61. The highest BCUT2D eigenvalue weighted by Crippen LogP contribution is 2.39. The molecule has 0 unspecified atom stereocenters. The van der Waals surface area contributed by atoms with Crippen LogP contribution in [-0.2, 0) is 9.59 Å². The normalized spacial score (nSPS) is 20.2. The Morgan fingerprint density at radius 2 is 1.71 bits per heavy atom. The topological polar surface area (TPSA) is 84.9 Å². The lowest BCUT2D eigenvalue weighted by molar-refractivity contribution is -0.122. The molecule has 31 heavy (non-hydrogen) atoms. The Morgan fingerprint density at radius 3 is 2.39 bits per heavy atom. The molecule has 2 aromatic carbocycles. The summed E-state index contributed by atoms with van der Waals surface area (Å²) in [7, 11) is 3.06. The summed E-state index contributed by atoms with van der Waals surface area (Å²) >= 11 is 0. The van der Waals surface area contributed by atoms with E-state index in [2.05, 4.69) is 5.32 Å². The van der Waals surface area contributed by atoms with E-state index in [0.29, 0.717) is 41.3 Å². The standard InChI is InChI=1S/C24H24N2O5/c1-14-4-10-18-19(12-14)24(29)26(23(18)28)16-7-5-15(6-8-16)22(27)25-20-13-17(30-2)9-11-21(20)31-3/h4-9,11,13,18-19H,10,12H2,1-3H3,(H,25,27)/t18-,19+/m1/s1. The summed E-state index contributed by atoms with van der Waals surface area (Å²) < 4.78 is 10.5. The zero-order chi connectivity index (χ0) is 22.1. The van der Waals surface area contributed by atoms with Crippen molar-refractivity contribution in [1.29, 1.82) is 0 Å². The number of fused-ring (bicyclic) bond motifs is 1. The van der Waals surface area contributed by atoms with Crippen molar-refractivity contribution in [3.8, 4) is 11.5 Å². The first-order valence-corrected chi connectivity index (χ1v) is 10.1. The van der Waals surface area contributed by atoms with E-state index in [1.165, 1.54) is 12.0 Å². The highest BCUT2D eigenvalue weighted by atomic mass is 16.5. The molecule has 2 aromatic rings. The van der Waals surface area contributed by atoms with Gasteiger partial charge in [0.2, 0.25) is 11.8 Å². The molecule has 0 aromatic heterocycles. The van der Waals surface area contributed by atoms with E-state index in [1.807, 2.05) is 13.0 Å². The molecule has 1 saturated heterocycles. The molecular formula is C24H24N2O5. The zero-order valence-corrected chi connectivity index (χ0v) is 17.7. The molecule has 7 heteroatoms. The van der Waals surface area contributed by atoms with E-state index >= 15 is 0 Å². The molecule has 0 saturated carbocycles. The van der Waals surface area contributed by atoms with Crippen molar-refractivity contribution >= 4 is 29.1 Å².